The number of nitrogens with zero attached hydrogens (tertiary/aromatic N) is 2. The Morgan fingerprint density at radius 3 is 2.78 bits per heavy atom. The number of aryl methyl sites for hydroxylation is 1. The zero-order valence-electron chi connectivity index (χ0n) is 10.1. The van der Waals surface area contributed by atoms with Crippen LogP contribution in [-0.2, 0) is 0 Å². The minimum atomic E-state index is -0.176. The molecule has 1 aromatic heterocycles. The molecule has 0 saturated heterocycles. The van der Waals surface area contributed by atoms with Gasteiger partial charge in [-0.05, 0) is 36.6 Å². The van der Waals surface area contributed by atoms with Crippen molar-refractivity contribution in [2.75, 3.05) is 5.32 Å². The summed E-state index contributed by atoms with van der Waals surface area (Å²) >= 11 is 0. The summed E-state index contributed by atoms with van der Waals surface area (Å²) in [6, 6.07) is 7.10. The maximum Gasteiger partial charge on any atom is 0.222 e. The second-order valence-corrected chi connectivity index (χ2v) is 4.73. The number of aromatic nitrogens is 2. The molecule has 1 aromatic carbocycles. The van der Waals surface area contributed by atoms with Crippen LogP contribution in [0.4, 0.5) is 10.3 Å². The number of benzene rings is 1. The normalized spacial score (nSPS) is 21.7. The van der Waals surface area contributed by atoms with Crippen LogP contribution in [0.5, 0.6) is 0 Å². The van der Waals surface area contributed by atoms with Gasteiger partial charge in [-0.1, -0.05) is 12.1 Å². The van der Waals surface area contributed by atoms with Crippen molar-refractivity contribution < 1.29 is 4.39 Å². The van der Waals surface area contributed by atoms with Crippen LogP contribution in [-0.4, -0.2) is 16.0 Å². The van der Waals surface area contributed by atoms with Gasteiger partial charge < -0.3 is 5.32 Å². The van der Waals surface area contributed by atoms with E-state index in [1.165, 1.54) is 6.07 Å². The van der Waals surface area contributed by atoms with Crippen molar-refractivity contribution in [1.82, 2.24) is 9.97 Å². The third-order valence-electron chi connectivity index (χ3n) is 3.16. The second kappa shape index (κ2) is 4.37. The molecule has 1 fully saturated rings. The highest BCUT2D eigenvalue weighted by molar-refractivity contribution is 5.37. The van der Waals surface area contributed by atoms with Gasteiger partial charge in [0.2, 0.25) is 5.95 Å². The summed E-state index contributed by atoms with van der Waals surface area (Å²) in [5.41, 5.74) is 2.08. The highest BCUT2D eigenvalue weighted by Crippen LogP contribution is 2.42. The molecule has 1 aliphatic carbocycles. The van der Waals surface area contributed by atoms with Crippen LogP contribution in [0.2, 0.25) is 0 Å². The predicted molar refractivity (Wildman–Crippen MR) is 67.9 cm³/mol. The third-order valence-corrected chi connectivity index (χ3v) is 3.16. The molecule has 0 radical (unpaired) electrons. The Morgan fingerprint density at radius 2 is 2.06 bits per heavy atom. The highest BCUT2D eigenvalue weighted by atomic mass is 19.1. The quantitative estimate of drug-likeness (QED) is 0.900. The summed E-state index contributed by atoms with van der Waals surface area (Å²) in [5, 5.41) is 3.27. The van der Waals surface area contributed by atoms with E-state index >= 15 is 0 Å². The van der Waals surface area contributed by atoms with E-state index in [1.807, 2.05) is 13.0 Å². The maximum atomic E-state index is 13.1. The lowest BCUT2D eigenvalue weighted by Gasteiger charge is -2.04. The number of hydrogen-bond acceptors (Lipinski definition) is 3. The van der Waals surface area contributed by atoms with Crippen LogP contribution in [0.15, 0.2) is 36.7 Å². The molecule has 3 rings (SSSR count). The molecule has 4 heteroatoms. The Kier molecular flexibility index (Phi) is 2.70. The van der Waals surface area contributed by atoms with Crippen LogP contribution >= 0.6 is 0 Å². The standard InChI is InChI=1S/C14H14FN3/c1-9-7-16-14(17-8-9)18-13-6-12(13)10-3-2-4-11(15)5-10/h2-5,7-8,12-13H,6H2,1H3,(H,16,17,18)/t12-,13+/m0/s1. The molecule has 1 heterocycles. The van der Waals surface area contributed by atoms with Gasteiger partial charge in [-0.25, -0.2) is 14.4 Å². The fourth-order valence-electron chi connectivity index (χ4n) is 2.09. The van der Waals surface area contributed by atoms with Gasteiger partial charge >= 0.3 is 0 Å². The summed E-state index contributed by atoms with van der Waals surface area (Å²) in [6.45, 7) is 1.95. The van der Waals surface area contributed by atoms with Crippen LogP contribution in [0.3, 0.4) is 0 Å². The lowest BCUT2D eigenvalue weighted by Crippen LogP contribution is -2.07. The molecular weight excluding hydrogens is 229 g/mol. The average Bonchev–Trinajstić information content (AvgIpc) is 3.12. The van der Waals surface area contributed by atoms with Crippen LogP contribution in [0, 0.1) is 12.7 Å². The molecule has 1 aliphatic rings. The highest BCUT2D eigenvalue weighted by Gasteiger charge is 2.38. The third kappa shape index (κ3) is 2.32. The van der Waals surface area contributed by atoms with Gasteiger partial charge in [-0.2, -0.15) is 0 Å². The maximum absolute atomic E-state index is 13.1. The Labute approximate surface area is 105 Å². The van der Waals surface area contributed by atoms with Gasteiger partial charge in [0.25, 0.3) is 0 Å². The van der Waals surface area contributed by atoms with Crippen molar-refractivity contribution in [3.63, 3.8) is 0 Å². The van der Waals surface area contributed by atoms with Crippen molar-refractivity contribution in [3.8, 4) is 0 Å². The lowest BCUT2D eigenvalue weighted by molar-refractivity contribution is 0.625. The number of rotatable bonds is 3. The monoisotopic (exact) mass is 243 g/mol. The summed E-state index contributed by atoms with van der Waals surface area (Å²) < 4.78 is 13.1. The summed E-state index contributed by atoms with van der Waals surface area (Å²) in [6.07, 6.45) is 4.57. The van der Waals surface area contributed by atoms with Gasteiger partial charge in [0, 0.05) is 24.4 Å². The molecule has 92 valence electrons. The Bertz CT molecular complexity index is 553. The van der Waals surface area contributed by atoms with Crippen molar-refractivity contribution >= 4 is 5.95 Å². The Balaban J connectivity index is 1.66. The molecule has 2 aromatic rings. The largest absolute Gasteiger partial charge is 0.351 e. The van der Waals surface area contributed by atoms with E-state index in [1.54, 1.807) is 24.5 Å². The van der Waals surface area contributed by atoms with Crippen molar-refractivity contribution in [1.29, 1.82) is 0 Å². The first kappa shape index (κ1) is 11.1. The average molecular weight is 243 g/mol. The number of hydrogen-bond donors (Lipinski definition) is 1. The molecule has 0 unspecified atom stereocenters. The predicted octanol–water partition coefficient (Wildman–Crippen LogP) is 2.89. The molecular formula is C14H14FN3. The van der Waals surface area contributed by atoms with E-state index < -0.39 is 0 Å². The summed E-state index contributed by atoms with van der Waals surface area (Å²) in [4.78, 5) is 8.42. The first-order chi connectivity index (χ1) is 8.72. The van der Waals surface area contributed by atoms with Gasteiger partial charge in [0.05, 0.1) is 0 Å². The Morgan fingerprint density at radius 1 is 1.28 bits per heavy atom. The minimum absolute atomic E-state index is 0.176. The topological polar surface area (TPSA) is 37.8 Å². The summed E-state index contributed by atoms with van der Waals surface area (Å²) in [5.74, 6) is 0.833. The van der Waals surface area contributed by atoms with Crippen molar-refractivity contribution in [2.45, 2.75) is 25.3 Å². The van der Waals surface area contributed by atoms with Crippen LogP contribution < -0.4 is 5.32 Å². The molecule has 0 aliphatic heterocycles. The van der Waals surface area contributed by atoms with Crippen molar-refractivity contribution in [2.24, 2.45) is 0 Å². The molecule has 3 nitrogen and oxygen atoms in total. The fraction of sp³-hybridized carbons (Fsp3) is 0.286. The molecule has 1 saturated carbocycles. The SMILES string of the molecule is Cc1cnc(N[C@@H]2C[C@H]2c2cccc(F)c2)nc1. The van der Waals surface area contributed by atoms with E-state index in [2.05, 4.69) is 15.3 Å². The number of nitrogens with one attached hydrogen (secondary N) is 1. The zero-order chi connectivity index (χ0) is 12.5. The van der Waals surface area contributed by atoms with E-state index in [4.69, 9.17) is 0 Å². The van der Waals surface area contributed by atoms with E-state index in [-0.39, 0.29) is 5.82 Å². The van der Waals surface area contributed by atoms with E-state index in [0.717, 1.165) is 17.5 Å². The lowest BCUT2D eigenvalue weighted by atomic mass is 10.1. The fourth-order valence-corrected chi connectivity index (χ4v) is 2.09. The van der Waals surface area contributed by atoms with E-state index in [9.17, 15) is 4.39 Å². The Hall–Kier alpha value is -1.97. The van der Waals surface area contributed by atoms with Gasteiger partial charge in [-0.3, -0.25) is 0 Å². The number of halogens is 1. The first-order valence-electron chi connectivity index (χ1n) is 6.03. The molecule has 18 heavy (non-hydrogen) atoms. The summed E-state index contributed by atoms with van der Waals surface area (Å²) in [7, 11) is 0. The molecule has 1 N–H and O–H groups in total. The number of anilines is 1. The van der Waals surface area contributed by atoms with Gasteiger partial charge in [-0.15, -0.1) is 0 Å². The second-order valence-electron chi connectivity index (χ2n) is 4.73. The van der Waals surface area contributed by atoms with Crippen molar-refractivity contribution in [3.05, 3.63) is 53.6 Å². The zero-order valence-corrected chi connectivity index (χ0v) is 10.1. The van der Waals surface area contributed by atoms with Gasteiger partial charge in [0.1, 0.15) is 5.82 Å². The molecule has 2 atom stereocenters. The van der Waals surface area contributed by atoms with Gasteiger partial charge in [0.15, 0.2) is 0 Å². The first-order valence-corrected chi connectivity index (χ1v) is 6.03. The molecule has 0 amide bonds. The smallest absolute Gasteiger partial charge is 0.222 e. The molecule has 0 spiro atoms. The van der Waals surface area contributed by atoms with Crippen LogP contribution in [0.1, 0.15) is 23.5 Å². The minimum Gasteiger partial charge on any atom is -0.351 e. The van der Waals surface area contributed by atoms with E-state index in [0.29, 0.717) is 17.9 Å². The van der Waals surface area contributed by atoms with Crippen LogP contribution in [0.25, 0.3) is 0 Å². The molecule has 0 bridgehead atoms.